The second-order valence-electron chi connectivity index (χ2n) is 2.87. The lowest BCUT2D eigenvalue weighted by atomic mass is 10.0. The second kappa shape index (κ2) is 5.04. The SMILES string of the molecule is C=C[C@H](CS)Cc1ccccc1. The summed E-state index contributed by atoms with van der Waals surface area (Å²) in [5.74, 6) is 1.37. The maximum absolute atomic E-state index is 4.25. The Labute approximate surface area is 79.7 Å². The van der Waals surface area contributed by atoms with Crippen molar-refractivity contribution in [2.75, 3.05) is 5.75 Å². The first-order valence-corrected chi connectivity index (χ1v) is 4.77. The second-order valence-corrected chi connectivity index (χ2v) is 3.23. The minimum absolute atomic E-state index is 0.496. The lowest BCUT2D eigenvalue weighted by molar-refractivity contribution is 0.740. The molecule has 64 valence electrons. The zero-order valence-corrected chi connectivity index (χ0v) is 8.00. The van der Waals surface area contributed by atoms with Crippen LogP contribution in [0.1, 0.15) is 5.56 Å². The fourth-order valence-corrected chi connectivity index (χ4v) is 1.42. The van der Waals surface area contributed by atoms with E-state index < -0.39 is 0 Å². The van der Waals surface area contributed by atoms with E-state index in [1.807, 2.05) is 12.1 Å². The molecule has 12 heavy (non-hydrogen) atoms. The molecule has 1 heteroatoms. The third kappa shape index (κ3) is 2.74. The smallest absolute Gasteiger partial charge is 0.00317 e. The molecule has 0 nitrogen and oxygen atoms in total. The van der Waals surface area contributed by atoms with Crippen LogP contribution >= 0.6 is 12.6 Å². The van der Waals surface area contributed by atoms with E-state index in [0.717, 1.165) is 12.2 Å². The van der Waals surface area contributed by atoms with Gasteiger partial charge in [0.25, 0.3) is 0 Å². The molecule has 1 aromatic carbocycles. The Bertz CT molecular complexity index is 228. The normalized spacial score (nSPS) is 12.4. The van der Waals surface area contributed by atoms with Crippen LogP contribution in [0.2, 0.25) is 0 Å². The van der Waals surface area contributed by atoms with Gasteiger partial charge in [0.2, 0.25) is 0 Å². The molecule has 0 amide bonds. The lowest BCUT2D eigenvalue weighted by Gasteiger charge is -2.07. The van der Waals surface area contributed by atoms with Gasteiger partial charge < -0.3 is 0 Å². The average molecular weight is 178 g/mol. The van der Waals surface area contributed by atoms with Gasteiger partial charge in [-0.15, -0.1) is 6.58 Å². The molecule has 0 bridgehead atoms. The number of rotatable bonds is 4. The molecule has 0 aliphatic heterocycles. The van der Waals surface area contributed by atoms with Crippen molar-refractivity contribution < 1.29 is 0 Å². The molecule has 0 spiro atoms. The molecule has 0 saturated heterocycles. The van der Waals surface area contributed by atoms with Crippen LogP contribution in [-0.2, 0) is 6.42 Å². The number of benzene rings is 1. The van der Waals surface area contributed by atoms with E-state index >= 15 is 0 Å². The quantitative estimate of drug-likeness (QED) is 0.532. The van der Waals surface area contributed by atoms with Crippen molar-refractivity contribution in [2.45, 2.75) is 6.42 Å². The Kier molecular flexibility index (Phi) is 3.95. The van der Waals surface area contributed by atoms with Crippen LogP contribution < -0.4 is 0 Å². The van der Waals surface area contributed by atoms with Crippen molar-refractivity contribution in [1.82, 2.24) is 0 Å². The number of hydrogen-bond acceptors (Lipinski definition) is 1. The van der Waals surface area contributed by atoms with Gasteiger partial charge in [0.15, 0.2) is 0 Å². The van der Waals surface area contributed by atoms with Gasteiger partial charge in [0.1, 0.15) is 0 Å². The van der Waals surface area contributed by atoms with Gasteiger partial charge in [-0.25, -0.2) is 0 Å². The third-order valence-electron chi connectivity index (χ3n) is 1.91. The van der Waals surface area contributed by atoms with E-state index in [0.29, 0.717) is 5.92 Å². The maximum Gasteiger partial charge on any atom is -0.00317 e. The molecule has 1 aromatic rings. The zero-order chi connectivity index (χ0) is 8.81. The first-order chi connectivity index (χ1) is 5.86. The first kappa shape index (κ1) is 9.40. The summed E-state index contributed by atoms with van der Waals surface area (Å²) in [6.45, 7) is 3.78. The van der Waals surface area contributed by atoms with Crippen molar-refractivity contribution in [2.24, 2.45) is 5.92 Å². The zero-order valence-electron chi connectivity index (χ0n) is 7.11. The van der Waals surface area contributed by atoms with E-state index in [4.69, 9.17) is 0 Å². The van der Waals surface area contributed by atoms with Crippen LogP contribution in [0.4, 0.5) is 0 Å². The summed E-state index contributed by atoms with van der Waals surface area (Å²) < 4.78 is 0. The largest absolute Gasteiger partial charge is 0.179 e. The fraction of sp³-hybridized carbons (Fsp3) is 0.273. The average Bonchev–Trinajstić information content (AvgIpc) is 2.16. The van der Waals surface area contributed by atoms with Crippen molar-refractivity contribution in [1.29, 1.82) is 0 Å². The highest BCUT2D eigenvalue weighted by molar-refractivity contribution is 7.80. The molecular formula is C11H14S. The molecule has 0 aromatic heterocycles. The van der Waals surface area contributed by atoms with Gasteiger partial charge >= 0.3 is 0 Å². The van der Waals surface area contributed by atoms with E-state index in [-0.39, 0.29) is 0 Å². The van der Waals surface area contributed by atoms with Crippen LogP contribution in [0, 0.1) is 5.92 Å². The van der Waals surface area contributed by atoms with Crippen LogP contribution in [-0.4, -0.2) is 5.75 Å². The van der Waals surface area contributed by atoms with Gasteiger partial charge in [0.05, 0.1) is 0 Å². The minimum atomic E-state index is 0.496. The summed E-state index contributed by atoms with van der Waals surface area (Å²) in [5, 5.41) is 0. The van der Waals surface area contributed by atoms with Gasteiger partial charge in [0, 0.05) is 0 Å². The Balaban J connectivity index is 2.56. The number of allylic oxidation sites excluding steroid dienone is 1. The number of hydrogen-bond donors (Lipinski definition) is 1. The number of thiol groups is 1. The van der Waals surface area contributed by atoms with Crippen LogP contribution in [0.15, 0.2) is 43.0 Å². The van der Waals surface area contributed by atoms with Gasteiger partial charge in [-0.2, -0.15) is 12.6 Å². The summed E-state index contributed by atoms with van der Waals surface area (Å²) >= 11 is 4.25. The van der Waals surface area contributed by atoms with Crippen LogP contribution in [0.3, 0.4) is 0 Å². The third-order valence-corrected chi connectivity index (χ3v) is 2.38. The molecule has 0 N–H and O–H groups in total. The van der Waals surface area contributed by atoms with E-state index in [1.165, 1.54) is 5.56 Å². The predicted octanol–water partition coefficient (Wildman–Crippen LogP) is 2.96. The predicted molar refractivity (Wildman–Crippen MR) is 57.7 cm³/mol. The van der Waals surface area contributed by atoms with Gasteiger partial charge in [-0.05, 0) is 23.7 Å². The molecule has 0 aliphatic rings. The summed E-state index contributed by atoms with van der Waals surface area (Å²) in [4.78, 5) is 0. The van der Waals surface area contributed by atoms with E-state index in [1.54, 1.807) is 0 Å². The minimum Gasteiger partial charge on any atom is -0.179 e. The highest BCUT2D eigenvalue weighted by Crippen LogP contribution is 2.10. The standard InChI is InChI=1S/C11H14S/c1-2-10(9-12)8-11-6-4-3-5-7-11/h2-7,10,12H,1,8-9H2/t10-/m0/s1. The highest BCUT2D eigenvalue weighted by Gasteiger charge is 2.01. The Morgan fingerprint density at radius 1 is 1.33 bits per heavy atom. The van der Waals surface area contributed by atoms with Crippen molar-refractivity contribution in [3.8, 4) is 0 Å². The van der Waals surface area contributed by atoms with Crippen molar-refractivity contribution in [3.05, 3.63) is 48.6 Å². The molecule has 0 saturated carbocycles. The molecule has 0 radical (unpaired) electrons. The van der Waals surface area contributed by atoms with Crippen LogP contribution in [0.25, 0.3) is 0 Å². The Morgan fingerprint density at radius 2 is 2.00 bits per heavy atom. The first-order valence-electron chi connectivity index (χ1n) is 4.14. The monoisotopic (exact) mass is 178 g/mol. The summed E-state index contributed by atoms with van der Waals surface area (Å²) in [6.07, 6.45) is 3.02. The molecular weight excluding hydrogens is 164 g/mol. The van der Waals surface area contributed by atoms with Gasteiger partial charge in [-0.1, -0.05) is 36.4 Å². The van der Waals surface area contributed by atoms with Crippen molar-refractivity contribution >= 4 is 12.6 Å². The van der Waals surface area contributed by atoms with Crippen molar-refractivity contribution in [3.63, 3.8) is 0 Å². The van der Waals surface area contributed by atoms with E-state index in [2.05, 4.69) is 43.5 Å². The lowest BCUT2D eigenvalue weighted by Crippen LogP contribution is -2.01. The van der Waals surface area contributed by atoms with Gasteiger partial charge in [-0.3, -0.25) is 0 Å². The molecule has 0 unspecified atom stereocenters. The molecule has 0 heterocycles. The molecule has 1 rings (SSSR count). The fourth-order valence-electron chi connectivity index (χ4n) is 1.14. The van der Waals surface area contributed by atoms with E-state index in [9.17, 15) is 0 Å². The Hall–Kier alpha value is -0.690. The molecule has 0 fully saturated rings. The maximum atomic E-state index is 4.25. The topological polar surface area (TPSA) is 0 Å². The summed E-state index contributed by atoms with van der Waals surface area (Å²) in [5.41, 5.74) is 1.36. The Morgan fingerprint density at radius 3 is 2.50 bits per heavy atom. The van der Waals surface area contributed by atoms with Crippen LogP contribution in [0.5, 0.6) is 0 Å². The summed E-state index contributed by atoms with van der Waals surface area (Å²) in [6, 6.07) is 10.4. The molecule has 1 atom stereocenters. The highest BCUT2D eigenvalue weighted by atomic mass is 32.1. The summed E-state index contributed by atoms with van der Waals surface area (Å²) in [7, 11) is 0. The molecule has 0 aliphatic carbocycles.